The molecular weight excluding hydrogens is 228 g/mol. The first-order chi connectivity index (χ1) is 8.54. The summed E-state index contributed by atoms with van der Waals surface area (Å²) in [4.78, 5) is 26.5. The fourth-order valence-electron chi connectivity index (χ4n) is 2.76. The Bertz CT molecular complexity index is 471. The molecule has 0 fully saturated rings. The van der Waals surface area contributed by atoms with Gasteiger partial charge in [0, 0.05) is 40.0 Å². The monoisotopic (exact) mass is 244 g/mol. The largest absolute Gasteiger partial charge is 0.334 e. The average Bonchev–Trinajstić information content (AvgIpc) is 2.87. The van der Waals surface area contributed by atoms with Gasteiger partial charge in [-0.15, -0.1) is 0 Å². The lowest BCUT2D eigenvalue weighted by Gasteiger charge is -2.12. The van der Waals surface area contributed by atoms with Gasteiger partial charge in [-0.25, -0.2) is 0 Å². The minimum atomic E-state index is 0.122. The van der Waals surface area contributed by atoms with E-state index in [9.17, 15) is 9.59 Å². The lowest BCUT2D eigenvalue weighted by atomic mass is 10.0. The molecule has 94 valence electrons. The molecule has 1 aromatic carbocycles. The normalized spacial score (nSPS) is 16.8. The molecule has 3 rings (SSSR count). The van der Waals surface area contributed by atoms with Gasteiger partial charge in [0.1, 0.15) is 0 Å². The van der Waals surface area contributed by atoms with E-state index in [-0.39, 0.29) is 11.8 Å². The zero-order valence-corrected chi connectivity index (χ0v) is 10.7. The Labute approximate surface area is 106 Å². The van der Waals surface area contributed by atoms with Gasteiger partial charge in [0.2, 0.25) is 11.8 Å². The van der Waals surface area contributed by atoms with Gasteiger partial charge in [0.25, 0.3) is 0 Å². The molecule has 2 aliphatic heterocycles. The molecule has 2 aliphatic rings. The van der Waals surface area contributed by atoms with Gasteiger partial charge in [-0.3, -0.25) is 9.59 Å². The highest BCUT2D eigenvalue weighted by atomic mass is 16.2. The maximum absolute atomic E-state index is 11.4. The summed E-state index contributed by atoms with van der Waals surface area (Å²) in [7, 11) is 0. The molecule has 0 unspecified atom stereocenters. The summed E-state index contributed by atoms with van der Waals surface area (Å²) in [6.45, 7) is 6.04. The van der Waals surface area contributed by atoms with Gasteiger partial charge in [-0.2, -0.15) is 0 Å². The van der Waals surface area contributed by atoms with Gasteiger partial charge in [-0.05, 0) is 22.3 Å². The van der Waals surface area contributed by atoms with Crippen molar-refractivity contribution < 1.29 is 9.59 Å². The summed E-state index contributed by atoms with van der Waals surface area (Å²) >= 11 is 0. The number of carbonyl (C=O) groups is 2. The van der Waals surface area contributed by atoms with Crippen molar-refractivity contribution in [1.82, 2.24) is 9.80 Å². The van der Waals surface area contributed by atoms with Crippen LogP contribution >= 0.6 is 0 Å². The standard InChI is InChI=1S/C14H16N2O2/c1-9(17)15-5-11-3-13-7-16(10(2)18)8-14(13)4-12(11)6-15/h3-4H,5-8H2,1-2H3. The minimum absolute atomic E-state index is 0.122. The van der Waals surface area contributed by atoms with Crippen LogP contribution in [0.3, 0.4) is 0 Å². The van der Waals surface area contributed by atoms with E-state index in [2.05, 4.69) is 12.1 Å². The Kier molecular flexibility index (Phi) is 2.40. The second-order valence-corrected chi connectivity index (χ2v) is 5.14. The van der Waals surface area contributed by atoms with Crippen LogP contribution in [0.1, 0.15) is 36.1 Å². The van der Waals surface area contributed by atoms with E-state index in [4.69, 9.17) is 0 Å². The third-order valence-electron chi connectivity index (χ3n) is 3.86. The maximum atomic E-state index is 11.4. The van der Waals surface area contributed by atoms with Crippen molar-refractivity contribution in [2.75, 3.05) is 0 Å². The third kappa shape index (κ3) is 1.68. The van der Waals surface area contributed by atoms with E-state index in [1.807, 2.05) is 9.80 Å². The number of benzene rings is 1. The first-order valence-corrected chi connectivity index (χ1v) is 6.19. The van der Waals surface area contributed by atoms with Crippen molar-refractivity contribution >= 4 is 11.8 Å². The summed E-state index contributed by atoms with van der Waals surface area (Å²) in [6, 6.07) is 4.33. The number of amides is 2. The van der Waals surface area contributed by atoms with E-state index in [0.29, 0.717) is 26.2 Å². The summed E-state index contributed by atoms with van der Waals surface area (Å²) in [6.07, 6.45) is 0. The van der Waals surface area contributed by atoms with Crippen molar-refractivity contribution in [1.29, 1.82) is 0 Å². The lowest BCUT2D eigenvalue weighted by Crippen LogP contribution is -2.22. The van der Waals surface area contributed by atoms with Crippen molar-refractivity contribution in [3.05, 3.63) is 34.4 Å². The highest BCUT2D eigenvalue weighted by molar-refractivity contribution is 5.75. The van der Waals surface area contributed by atoms with Gasteiger partial charge >= 0.3 is 0 Å². The maximum Gasteiger partial charge on any atom is 0.220 e. The SMILES string of the molecule is CC(=O)N1Cc2cc3c(cc2C1)CN(C(C)=O)C3. The third-order valence-corrected chi connectivity index (χ3v) is 3.86. The molecule has 0 bridgehead atoms. The Morgan fingerprint density at radius 3 is 1.28 bits per heavy atom. The fraction of sp³-hybridized carbons (Fsp3) is 0.429. The minimum Gasteiger partial charge on any atom is -0.334 e. The Morgan fingerprint density at radius 1 is 0.778 bits per heavy atom. The highest BCUT2D eigenvalue weighted by Crippen LogP contribution is 2.31. The molecule has 0 aliphatic carbocycles. The van der Waals surface area contributed by atoms with E-state index in [1.165, 1.54) is 22.3 Å². The van der Waals surface area contributed by atoms with Crippen LogP contribution in [-0.2, 0) is 35.8 Å². The molecular formula is C14H16N2O2. The number of carbonyl (C=O) groups excluding carboxylic acids is 2. The van der Waals surface area contributed by atoms with Crippen molar-refractivity contribution in [3.8, 4) is 0 Å². The van der Waals surface area contributed by atoms with Crippen LogP contribution in [0.15, 0.2) is 12.1 Å². The molecule has 0 aromatic heterocycles. The molecule has 0 radical (unpaired) electrons. The molecule has 1 aromatic rings. The predicted octanol–water partition coefficient (Wildman–Crippen LogP) is 1.41. The number of hydrogen-bond acceptors (Lipinski definition) is 2. The topological polar surface area (TPSA) is 40.6 Å². The zero-order chi connectivity index (χ0) is 12.9. The van der Waals surface area contributed by atoms with Crippen LogP contribution in [0.25, 0.3) is 0 Å². The lowest BCUT2D eigenvalue weighted by molar-refractivity contribution is -0.130. The molecule has 4 nitrogen and oxygen atoms in total. The van der Waals surface area contributed by atoms with Crippen molar-refractivity contribution in [2.45, 2.75) is 40.0 Å². The first kappa shape index (κ1) is 11.3. The average molecular weight is 244 g/mol. The quantitative estimate of drug-likeness (QED) is 0.692. The van der Waals surface area contributed by atoms with Crippen LogP contribution in [-0.4, -0.2) is 21.6 Å². The number of rotatable bonds is 0. The molecule has 0 saturated carbocycles. The Morgan fingerprint density at radius 2 is 1.06 bits per heavy atom. The summed E-state index contributed by atoms with van der Waals surface area (Å²) < 4.78 is 0. The number of fused-ring (bicyclic) bond motifs is 2. The summed E-state index contributed by atoms with van der Waals surface area (Å²) in [5.41, 5.74) is 4.92. The van der Waals surface area contributed by atoms with Crippen molar-refractivity contribution in [2.24, 2.45) is 0 Å². The Hall–Kier alpha value is -1.84. The molecule has 0 N–H and O–H groups in total. The smallest absolute Gasteiger partial charge is 0.220 e. The Balaban J connectivity index is 1.89. The van der Waals surface area contributed by atoms with Crippen LogP contribution in [0.4, 0.5) is 0 Å². The molecule has 0 atom stereocenters. The molecule has 0 saturated heterocycles. The molecule has 18 heavy (non-hydrogen) atoms. The van der Waals surface area contributed by atoms with Gasteiger partial charge in [-0.1, -0.05) is 12.1 Å². The fourth-order valence-corrected chi connectivity index (χ4v) is 2.76. The van der Waals surface area contributed by atoms with E-state index >= 15 is 0 Å². The number of nitrogens with zero attached hydrogens (tertiary/aromatic N) is 2. The van der Waals surface area contributed by atoms with Crippen LogP contribution in [0.5, 0.6) is 0 Å². The molecule has 0 spiro atoms. The van der Waals surface area contributed by atoms with E-state index < -0.39 is 0 Å². The highest BCUT2D eigenvalue weighted by Gasteiger charge is 2.27. The van der Waals surface area contributed by atoms with Gasteiger partial charge in [0.05, 0.1) is 0 Å². The second kappa shape index (κ2) is 3.83. The van der Waals surface area contributed by atoms with Crippen LogP contribution in [0, 0.1) is 0 Å². The number of hydrogen-bond donors (Lipinski definition) is 0. The van der Waals surface area contributed by atoms with Gasteiger partial charge in [0.15, 0.2) is 0 Å². The van der Waals surface area contributed by atoms with Crippen LogP contribution in [0.2, 0.25) is 0 Å². The molecule has 4 heteroatoms. The van der Waals surface area contributed by atoms with Crippen LogP contribution < -0.4 is 0 Å². The summed E-state index contributed by atoms with van der Waals surface area (Å²) in [5, 5.41) is 0. The molecule has 2 heterocycles. The first-order valence-electron chi connectivity index (χ1n) is 6.19. The zero-order valence-electron chi connectivity index (χ0n) is 10.7. The second-order valence-electron chi connectivity index (χ2n) is 5.14. The molecule has 2 amide bonds. The van der Waals surface area contributed by atoms with Crippen molar-refractivity contribution in [3.63, 3.8) is 0 Å². The predicted molar refractivity (Wildman–Crippen MR) is 66.3 cm³/mol. The van der Waals surface area contributed by atoms with E-state index in [1.54, 1.807) is 13.8 Å². The van der Waals surface area contributed by atoms with Gasteiger partial charge < -0.3 is 9.80 Å². The van der Waals surface area contributed by atoms with E-state index in [0.717, 1.165) is 0 Å². The summed E-state index contributed by atoms with van der Waals surface area (Å²) in [5.74, 6) is 0.244.